The van der Waals surface area contributed by atoms with Crippen molar-refractivity contribution >= 4 is 22.6 Å². The smallest absolute Gasteiger partial charge is 0.221 e. The van der Waals surface area contributed by atoms with Crippen LogP contribution in [-0.2, 0) is 17.9 Å². The summed E-state index contributed by atoms with van der Waals surface area (Å²) < 4.78 is 0. The second-order valence-electron chi connectivity index (χ2n) is 6.49. The number of fused-ring (bicyclic) bond motifs is 2. The number of carbonyl (C=O) groups excluding carboxylic acids is 1. The van der Waals surface area contributed by atoms with E-state index in [1.807, 2.05) is 36.3 Å². The number of nitrogens with one attached hydrogen (secondary N) is 3. The van der Waals surface area contributed by atoms with Gasteiger partial charge in [-0.1, -0.05) is 18.2 Å². The zero-order valence-corrected chi connectivity index (χ0v) is 15.0. The highest BCUT2D eigenvalue weighted by molar-refractivity contribution is 5.93. The number of aromatic amines is 1. The molecular weight excluding hydrogens is 328 g/mol. The molecule has 7 heteroatoms. The summed E-state index contributed by atoms with van der Waals surface area (Å²) in [6.07, 6.45) is 2.39. The van der Waals surface area contributed by atoms with Crippen LogP contribution in [0.5, 0.6) is 0 Å². The first-order valence-electron chi connectivity index (χ1n) is 8.76. The van der Waals surface area contributed by atoms with Gasteiger partial charge in [0.1, 0.15) is 5.82 Å². The second-order valence-corrected chi connectivity index (χ2v) is 6.49. The van der Waals surface area contributed by atoms with Crippen molar-refractivity contribution in [3.8, 4) is 11.4 Å². The molecule has 0 saturated heterocycles. The minimum absolute atomic E-state index is 0.0255. The molecule has 2 aromatic heterocycles. The maximum Gasteiger partial charge on any atom is 0.221 e. The molecule has 3 N–H and O–H groups in total. The van der Waals surface area contributed by atoms with Crippen molar-refractivity contribution < 1.29 is 4.79 Å². The van der Waals surface area contributed by atoms with Crippen molar-refractivity contribution in [1.29, 1.82) is 0 Å². The molecule has 0 aliphatic carbocycles. The van der Waals surface area contributed by atoms with Gasteiger partial charge in [0, 0.05) is 68.4 Å². The van der Waals surface area contributed by atoms with Gasteiger partial charge in [0.05, 0.1) is 5.69 Å². The first-order valence-corrected chi connectivity index (χ1v) is 8.76. The van der Waals surface area contributed by atoms with Gasteiger partial charge in [0.15, 0.2) is 5.82 Å². The van der Waals surface area contributed by atoms with Gasteiger partial charge >= 0.3 is 0 Å². The molecule has 0 fully saturated rings. The fourth-order valence-electron chi connectivity index (χ4n) is 3.34. The molecule has 1 aromatic carbocycles. The summed E-state index contributed by atoms with van der Waals surface area (Å²) in [5, 5.41) is 7.12. The SMILES string of the molecule is CNC(=O)CCN(C)c1nc(-c2c[nH]c3ccccc23)nc2c1CNC2. The number of para-hydroxylation sites is 1. The number of hydrogen-bond acceptors (Lipinski definition) is 5. The molecule has 0 radical (unpaired) electrons. The van der Waals surface area contributed by atoms with Gasteiger partial charge in [0.25, 0.3) is 0 Å². The van der Waals surface area contributed by atoms with Crippen LogP contribution in [0.2, 0.25) is 0 Å². The van der Waals surface area contributed by atoms with Crippen molar-refractivity contribution in [1.82, 2.24) is 25.6 Å². The maximum atomic E-state index is 11.6. The number of anilines is 1. The molecule has 0 spiro atoms. The van der Waals surface area contributed by atoms with Crippen LogP contribution in [0, 0.1) is 0 Å². The van der Waals surface area contributed by atoms with Crippen LogP contribution in [0.15, 0.2) is 30.5 Å². The number of aromatic nitrogens is 3. The summed E-state index contributed by atoms with van der Waals surface area (Å²) >= 11 is 0. The van der Waals surface area contributed by atoms with E-state index in [2.05, 4.69) is 21.7 Å². The molecule has 1 aliphatic heterocycles. The van der Waals surface area contributed by atoms with Crippen LogP contribution in [0.4, 0.5) is 5.82 Å². The highest BCUT2D eigenvalue weighted by Gasteiger charge is 2.23. The van der Waals surface area contributed by atoms with E-state index in [1.165, 1.54) is 0 Å². The summed E-state index contributed by atoms with van der Waals surface area (Å²) in [4.78, 5) is 26.6. The van der Waals surface area contributed by atoms with Gasteiger partial charge in [-0.2, -0.15) is 0 Å². The van der Waals surface area contributed by atoms with Crippen LogP contribution < -0.4 is 15.5 Å². The second kappa shape index (κ2) is 6.76. The fraction of sp³-hybridized carbons (Fsp3) is 0.316. The summed E-state index contributed by atoms with van der Waals surface area (Å²) in [6.45, 7) is 2.10. The van der Waals surface area contributed by atoms with E-state index in [0.717, 1.165) is 46.6 Å². The Hall–Kier alpha value is -2.93. The molecule has 7 nitrogen and oxygen atoms in total. The molecular formula is C19H22N6O. The first-order chi connectivity index (χ1) is 12.7. The molecule has 134 valence electrons. The highest BCUT2D eigenvalue weighted by atomic mass is 16.1. The quantitative estimate of drug-likeness (QED) is 0.653. The van der Waals surface area contributed by atoms with E-state index in [4.69, 9.17) is 9.97 Å². The number of benzene rings is 1. The van der Waals surface area contributed by atoms with Gasteiger partial charge in [-0.15, -0.1) is 0 Å². The lowest BCUT2D eigenvalue weighted by molar-refractivity contribution is -0.120. The maximum absolute atomic E-state index is 11.6. The predicted octanol–water partition coefficient (Wildman–Crippen LogP) is 1.80. The number of hydrogen-bond donors (Lipinski definition) is 3. The van der Waals surface area contributed by atoms with E-state index < -0.39 is 0 Å². The van der Waals surface area contributed by atoms with Gasteiger partial charge in [-0.25, -0.2) is 9.97 Å². The summed E-state index contributed by atoms with van der Waals surface area (Å²) in [5.74, 6) is 1.63. The van der Waals surface area contributed by atoms with Crippen LogP contribution >= 0.6 is 0 Å². The van der Waals surface area contributed by atoms with E-state index >= 15 is 0 Å². The third-order valence-corrected chi connectivity index (χ3v) is 4.81. The molecule has 26 heavy (non-hydrogen) atoms. The standard InChI is InChI=1S/C19H22N6O/c1-20-17(26)7-8-25(2)19-14-9-21-11-16(14)23-18(24-19)13-10-22-15-6-4-3-5-12(13)15/h3-6,10,21-22H,7-9,11H2,1-2H3,(H,20,26). The van der Waals surface area contributed by atoms with Gasteiger partial charge in [0.2, 0.25) is 5.91 Å². The third-order valence-electron chi connectivity index (χ3n) is 4.81. The normalized spacial score (nSPS) is 13.0. The zero-order valence-electron chi connectivity index (χ0n) is 15.0. The summed E-state index contributed by atoms with van der Waals surface area (Å²) in [5.41, 5.74) is 4.21. The van der Waals surface area contributed by atoms with E-state index in [-0.39, 0.29) is 5.91 Å². The molecule has 3 heterocycles. The predicted molar refractivity (Wildman–Crippen MR) is 102 cm³/mol. The lowest BCUT2D eigenvalue weighted by atomic mass is 10.1. The minimum atomic E-state index is 0.0255. The van der Waals surface area contributed by atoms with E-state index in [9.17, 15) is 4.79 Å². The monoisotopic (exact) mass is 350 g/mol. The molecule has 0 bridgehead atoms. The average molecular weight is 350 g/mol. The van der Waals surface area contributed by atoms with Gasteiger partial charge in [-0.3, -0.25) is 4.79 Å². The van der Waals surface area contributed by atoms with Crippen LogP contribution in [0.3, 0.4) is 0 Å². The highest BCUT2D eigenvalue weighted by Crippen LogP contribution is 2.31. The number of carbonyl (C=O) groups is 1. The topological polar surface area (TPSA) is 85.9 Å². The summed E-state index contributed by atoms with van der Waals surface area (Å²) in [6, 6.07) is 8.15. The molecule has 0 atom stereocenters. The number of rotatable bonds is 5. The van der Waals surface area contributed by atoms with Crippen molar-refractivity contribution in [3.63, 3.8) is 0 Å². The number of amides is 1. The lowest BCUT2D eigenvalue weighted by Gasteiger charge is -2.21. The van der Waals surface area contributed by atoms with Crippen molar-refractivity contribution in [2.24, 2.45) is 0 Å². The van der Waals surface area contributed by atoms with Crippen LogP contribution in [0.25, 0.3) is 22.3 Å². The average Bonchev–Trinajstić information content (AvgIpc) is 3.31. The number of nitrogens with zero attached hydrogens (tertiary/aromatic N) is 3. The lowest BCUT2D eigenvalue weighted by Crippen LogP contribution is -2.28. The number of H-pyrrole nitrogens is 1. The Labute approximate surface area is 151 Å². The Morgan fingerprint density at radius 2 is 2.12 bits per heavy atom. The molecule has 0 unspecified atom stereocenters. The first kappa shape index (κ1) is 16.5. The Morgan fingerprint density at radius 1 is 1.27 bits per heavy atom. The van der Waals surface area contributed by atoms with E-state index in [1.54, 1.807) is 7.05 Å². The van der Waals surface area contributed by atoms with Gasteiger partial charge < -0.3 is 20.5 Å². The van der Waals surface area contributed by atoms with E-state index in [0.29, 0.717) is 18.8 Å². The minimum Gasteiger partial charge on any atom is -0.360 e. The van der Waals surface area contributed by atoms with Crippen LogP contribution in [0.1, 0.15) is 17.7 Å². The largest absolute Gasteiger partial charge is 0.360 e. The van der Waals surface area contributed by atoms with Gasteiger partial charge in [-0.05, 0) is 6.07 Å². The Kier molecular flexibility index (Phi) is 4.30. The van der Waals surface area contributed by atoms with Crippen molar-refractivity contribution in [3.05, 3.63) is 41.7 Å². The molecule has 1 amide bonds. The molecule has 4 rings (SSSR count). The zero-order chi connectivity index (χ0) is 18.1. The van der Waals surface area contributed by atoms with Crippen molar-refractivity contribution in [2.45, 2.75) is 19.5 Å². The fourth-order valence-corrected chi connectivity index (χ4v) is 3.34. The van der Waals surface area contributed by atoms with Crippen LogP contribution in [-0.4, -0.2) is 41.5 Å². The summed E-state index contributed by atoms with van der Waals surface area (Å²) in [7, 11) is 3.63. The molecule has 0 saturated carbocycles. The Bertz CT molecular complexity index is 964. The molecule has 1 aliphatic rings. The Balaban J connectivity index is 1.74. The third kappa shape index (κ3) is 2.90. The van der Waals surface area contributed by atoms with Crippen molar-refractivity contribution in [2.75, 3.05) is 25.5 Å². The Morgan fingerprint density at radius 3 is 2.96 bits per heavy atom. The molecule has 3 aromatic rings.